The van der Waals surface area contributed by atoms with Gasteiger partial charge in [-0.15, -0.1) is 0 Å². The number of hydrogen-bond acceptors (Lipinski definition) is 1. The van der Waals surface area contributed by atoms with E-state index in [1.165, 1.54) is 22.2 Å². The lowest BCUT2D eigenvalue weighted by atomic mass is 9.86. The van der Waals surface area contributed by atoms with Crippen molar-refractivity contribution in [2.75, 3.05) is 7.05 Å². The molecule has 2 aromatic rings. The number of benzene rings is 1. The quantitative estimate of drug-likeness (QED) is 0.792. The molecule has 0 saturated heterocycles. The standard InChI is InChI=1S/C14H20N2/c1-14(2,3)11-5-6-13-10(7-11)8-12(16-13)9-15-4/h5-8,15-16H,9H2,1-4H3. The van der Waals surface area contributed by atoms with Crippen LogP contribution in [0, 0.1) is 0 Å². The van der Waals surface area contributed by atoms with Gasteiger partial charge < -0.3 is 10.3 Å². The van der Waals surface area contributed by atoms with Crippen LogP contribution in [0.25, 0.3) is 10.9 Å². The molecule has 2 N–H and O–H groups in total. The fourth-order valence-corrected chi connectivity index (χ4v) is 1.94. The highest BCUT2D eigenvalue weighted by Gasteiger charge is 2.14. The van der Waals surface area contributed by atoms with Gasteiger partial charge >= 0.3 is 0 Å². The third-order valence-electron chi connectivity index (χ3n) is 2.91. The summed E-state index contributed by atoms with van der Waals surface area (Å²) >= 11 is 0. The summed E-state index contributed by atoms with van der Waals surface area (Å²) in [6.07, 6.45) is 0. The molecule has 0 aliphatic heterocycles. The molecule has 16 heavy (non-hydrogen) atoms. The molecule has 0 spiro atoms. The van der Waals surface area contributed by atoms with E-state index in [1.54, 1.807) is 0 Å². The largest absolute Gasteiger partial charge is 0.357 e. The van der Waals surface area contributed by atoms with Crippen LogP contribution < -0.4 is 5.32 Å². The second-order valence-electron chi connectivity index (χ2n) is 5.38. The first-order chi connectivity index (χ1) is 7.50. The minimum Gasteiger partial charge on any atom is -0.357 e. The van der Waals surface area contributed by atoms with E-state index in [4.69, 9.17) is 0 Å². The molecule has 1 heterocycles. The lowest BCUT2D eigenvalue weighted by Crippen LogP contribution is -2.10. The zero-order valence-electron chi connectivity index (χ0n) is 10.5. The number of aromatic amines is 1. The monoisotopic (exact) mass is 216 g/mol. The predicted octanol–water partition coefficient (Wildman–Crippen LogP) is 3.18. The Kier molecular flexibility index (Phi) is 2.76. The van der Waals surface area contributed by atoms with E-state index in [1.807, 2.05) is 7.05 Å². The van der Waals surface area contributed by atoms with Crippen molar-refractivity contribution < 1.29 is 0 Å². The first kappa shape index (κ1) is 11.2. The zero-order chi connectivity index (χ0) is 11.8. The molecular weight excluding hydrogens is 196 g/mol. The average Bonchev–Trinajstić information content (AvgIpc) is 2.57. The number of fused-ring (bicyclic) bond motifs is 1. The summed E-state index contributed by atoms with van der Waals surface area (Å²) in [5.74, 6) is 0. The molecule has 0 saturated carbocycles. The lowest BCUT2D eigenvalue weighted by Gasteiger charge is -2.18. The molecule has 0 radical (unpaired) electrons. The lowest BCUT2D eigenvalue weighted by molar-refractivity contribution is 0.591. The fraction of sp³-hybridized carbons (Fsp3) is 0.429. The topological polar surface area (TPSA) is 27.8 Å². The maximum Gasteiger partial charge on any atom is 0.0456 e. The minimum atomic E-state index is 0.217. The van der Waals surface area contributed by atoms with E-state index >= 15 is 0 Å². The third-order valence-corrected chi connectivity index (χ3v) is 2.91. The van der Waals surface area contributed by atoms with E-state index in [2.05, 4.69) is 55.3 Å². The van der Waals surface area contributed by atoms with Gasteiger partial charge in [0.2, 0.25) is 0 Å². The Morgan fingerprint density at radius 1 is 1.19 bits per heavy atom. The number of hydrogen-bond donors (Lipinski definition) is 2. The van der Waals surface area contributed by atoms with Gasteiger partial charge in [0.1, 0.15) is 0 Å². The molecule has 0 aliphatic rings. The minimum absolute atomic E-state index is 0.217. The summed E-state index contributed by atoms with van der Waals surface area (Å²) in [7, 11) is 1.96. The van der Waals surface area contributed by atoms with Crippen molar-refractivity contribution in [3.05, 3.63) is 35.5 Å². The first-order valence-corrected chi connectivity index (χ1v) is 5.77. The molecule has 0 aliphatic carbocycles. The summed E-state index contributed by atoms with van der Waals surface area (Å²) in [4.78, 5) is 3.41. The second-order valence-corrected chi connectivity index (χ2v) is 5.38. The Labute approximate surface area is 97.1 Å². The predicted molar refractivity (Wildman–Crippen MR) is 69.8 cm³/mol. The zero-order valence-corrected chi connectivity index (χ0v) is 10.5. The number of H-pyrrole nitrogens is 1. The third kappa shape index (κ3) is 2.12. The van der Waals surface area contributed by atoms with E-state index in [9.17, 15) is 0 Å². The molecule has 1 aromatic heterocycles. The summed E-state index contributed by atoms with van der Waals surface area (Å²) < 4.78 is 0. The Balaban J connectivity index is 2.46. The smallest absolute Gasteiger partial charge is 0.0456 e. The maximum absolute atomic E-state index is 3.41. The van der Waals surface area contributed by atoms with Gasteiger partial charge in [-0.05, 0) is 41.6 Å². The molecule has 2 rings (SSSR count). The average molecular weight is 216 g/mol. The van der Waals surface area contributed by atoms with Crippen molar-refractivity contribution in [3.63, 3.8) is 0 Å². The van der Waals surface area contributed by atoms with Gasteiger partial charge in [-0.1, -0.05) is 26.8 Å². The molecule has 1 aromatic carbocycles. The number of rotatable bonds is 2. The van der Waals surface area contributed by atoms with Gasteiger partial charge in [-0.3, -0.25) is 0 Å². The Morgan fingerprint density at radius 3 is 2.56 bits per heavy atom. The van der Waals surface area contributed by atoms with Crippen molar-refractivity contribution in [2.45, 2.75) is 32.7 Å². The van der Waals surface area contributed by atoms with Crippen LogP contribution in [0.3, 0.4) is 0 Å². The molecule has 2 heteroatoms. The first-order valence-electron chi connectivity index (χ1n) is 5.77. The highest BCUT2D eigenvalue weighted by atomic mass is 14.9. The Hall–Kier alpha value is -1.28. The van der Waals surface area contributed by atoms with E-state index in [-0.39, 0.29) is 5.41 Å². The molecule has 86 valence electrons. The highest BCUT2D eigenvalue weighted by Crippen LogP contribution is 2.26. The fourth-order valence-electron chi connectivity index (χ4n) is 1.94. The molecule has 2 nitrogen and oxygen atoms in total. The van der Waals surface area contributed by atoms with Crippen LogP contribution in [0.2, 0.25) is 0 Å². The van der Waals surface area contributed by atoms with Crippen LogP contribution in [-0.4, -0.2) is 12.0 Å². The number of aromatic nitrogens is 1. The molecule has 0 amide bonds. The van der Waals surface area contributed by atoms with Crippen LogP contribution >= 0.6 is 0 Å². The van der Waals surface area contributed by atoms with Gasteiger partial charge in [0.05, 0.1) is 0 Å². The maximum atomic E-state index is 3.41. The normalized spacial score (nSPS) is 12.2. The van der Waals surface area contributed by atoms with Crippen molar-refractivity contribution in [1.82, 2.24) is 10.3 Å². The molecular formula is C14H20N2. The van der Waals surface area contributed by atoms with E-state index in [0.717, 1.165) is 6.54 Å². The number of nitrogens with one attached hydrogen (secondary N) is 2. The van der Waals surface area contributed by atoms with Crippen LogP contribution in [0.5, 0.6) is 0 Å². The molecule has 0 bridgehead atoms. The van der Waals surface area contributed by atoms with Gasteiger partial charge in [-0.2, -0.15) is 0 Å². The highest BCUT2D eigenvalue weighted by molar-refractivity contribution is 5.81. The molecule has 0 unspecified atom stereocenters. The summed E-state index contributed by atoms with van der Waals surface area (Å²) in [6.45, 7) is 7.62. The summed E-state index contributed by atoms with van der Waals surface area (Å²) in [6, 6.07) is 8.89. The van der Waals surface area contributed by atoms with Crippen LogP contribution in [0.1, 0.15) is 32.0 Å². The second kappa shape index (κ2) is 3.95. The Morgan fingerprint density at radius 2 is 1.94 bits per heavy atom. The van der Waals surface area contributed by atoms with Crippen molar-refractivity contribution in [3.8, 4) is 0 Å². The van der Waals surface area contributed by atoms with Crippen LogP contribution in [-0.2, 0) is 12.0 Å². The van der Waals surface area contributed by atoms with Gasteiger partial charge in [0, 0.05) is 17.8 Å². The van der Waals surface area contributed by atoms with Crippen LogP contribution in [0.15, 0.2) is 24.3 Å². The van der Waals surface area contributed by atoms with E-state index in [0.29, 0.717) is 0 Å². The summed E-state index contributed by atoms with van der Waals surface area (Å²) in [5.41, 5.74) is 4.06. The van der Waals surface area contributed by atoms with Crippen LogP contribution in [0.4, 0.5) is 0 Å². The summed E-state index contributed by atoms with van der Waals surface area (Å²) in [5, 5.41) is 4.46. The van der Waals surface area contributed by atoms with Gasteiger partial charge in [-0.25, -0.2) is 0 Å². The molecule has 0 fully saturated rings. The van der Waals surface area contributed by atoms with Crippen molar-refractivity contribution in [1.29, 1.82) is 0 Å². The van der Waals surface area contributed by atoms with Gasteiger partial charge in [0.15, 0.2) is 0 Å². The molecule has 0 atom stereocenters. The Bertz CT molecular complexity index is 489. The van der Waals surface area contributed by atoms with Gasteiger partial charge in [0.25, 0.3) is 0 Å². The SMILES string of the molecule is CNCc1cc2cc(C(C)(C)C)ccc2[nH]1. The van der Waals surface area contributed by atoms with E-state index < -0.39 is 0 Å². The van der Waals surface area contributed by atoms with Crippen molar-refractivity contribution in [2.24, 2.45) is 0 Å². The van der Waals surface area contributed by atoms with Crippen molar-refractivity contribution >= 4 is 10.9 Å².